The van der Waals surface area contributed by atoms with E-state index in [1.54, 1.807) is 116 Å². The van der Waals surface area contributed by atoms with Crippen LogP contribution in [0.25, 0.3) is 0 Å². The normalized spacial score (nSPS) is 11.2. The highest BCUT2D eigenvalue weighted by Crippen LogP contribution is 2.30. The summed E-state index contributed by atoms with van der Waals surface area (Å²) in [6, 6.07) is 30.6. The summed E-state index contributed by atoms with van der Waals surface area (Å²) in [5.41, 5.74) is 2.08. The van der Waals surface area contributed by atoms with Crippen LogP contribution in [0.5, 0.6) is 11.5 Å². The second-order valence-electron chi connectivity index (χ2n) is 7.80. The van der Waals surface area contributed by atoms with Gasteiger partial charge in [0.1, 0.15) is 11.5 Å². The number of esters is 1. The summed E-state index contributed by atoms with van der Waals surface area (Å²) < 4.78 is 10.6. The Morgan fingerprint density at radius 2 is 1.36 bits per heavy atom. The Hall–Kier alpha value is -4.75. The second kappa shape index (κ2) is 11.1. The molecule has 7 nitrogen and oxygen atoms in total. The van der Waals surface area contributed by atoms with Crippen molar-refractivity contribution in [2.75, 3.05) is 7.11 Å². The molecule has 0 spiro atoms. The van der Waals surface area contributed by atoms with E-state index in [0.717, 1.165) is 0 Å². The molecule has 0 aromatic heterocycles. The zero-order valence-electron chi connectivity index (χ0n) is 19.5. The Kier molecular flexibility index (Phi) is 7.53. The van der Waals surface area contributed by atoms with Crippen molar-refractivity contribution < 1.29 is 24.2 Å². The van der Waals surface area contributed by atoms with E-state index in [0.29, 0.717) is 28.0 Å². The number of aliphatic hydroxyl groups is 1. The lowest BCUT2D eigenvalue weighted by Crippen LogP contribution is -2.43. The molecule has 2 N–H and O–H groups in total. The third-order valence-corrected chi connectivity index (χ3v) is 5.53. The molecule has 7 heteroatoms. The van der Waals surface area contributed by atoms with Crippen molar-refractivity contribution in [2.45, 2.75) is 5.60 Å². The Balaban J connectivity index is 1.53. The van der Waals surface area contributed by atoms with Crippen molar-refractivity contribution in [1.82, 2.24) is 5.43 Å². The molecule has 4 aromatic carbocycles. The maximum absolute atomic E-state index is 13.2. The van der Waals surface area contributed by atoms with Crippen LogP contribution in [0.2, 0.25) is 0 Å². The van der Waals surface area contributed by atoms with E-state index in [-0.39, 0.29) is 5.75 Å². The Morgan fingerprint density at radius 3 is 1.94 bits per heavy atom. The first-order valence-electron chi connectivity index (χ1n) is 11.1. The van der Waals surface area contributed by atoms with Crippen LogP contribution in [0.3, 0.4) is 0 Å². The highest BCUT2D eigenvalue weighted by atomic mass is 16.5. The molecule has 0 atom stereocenters. The Morgan fingerprint density at radius 1 is 0.806 bits per heavy atom. The minimum absolute atomic E-state index is 0.262. The number of nitrogens with one attached hydrogen (secondary N) is 1. The number of nitrogens with zero attached hydrogens (tertiary/aromatic N) is 1. The topological polar surface area (TPSA) is 97.2 Å². The average Bonchev–Trinajstić information content (AvgIpc) is 2.94. The molecule has 0 saturated carbocycles. The van der Waals surface area contributed by atoms with Gasteiger partial charge in [-0.3, -0.25) is 4.79 Å². The van der Waals surface area contributed by atoms with Crippen molar-refractivity contribution in [3.8, 4) is 11.5 Å². The number of para-hydroxylation sites is 1. The van der Waals surface area contributed by atoms with E-state index in [9.17, 15) is 14.7 Å². The number of ether oxygens (including phenoxy) is 2. The molecule has 0 saturated heterocycles. The highest BCUT2D eigenvalue weighted by molar-refractivity contribution is 5.94. The van der Waals surface area contributed by atoms with Crippen LogP contribution in [-0.2, 0) is 10.4 Å². The van der Waals surface area contributed by atoms with E-state index in [1.807, 2.05) is 0 Å². The van der Waals surface area contributed by atoms with Crippen molar-refractivity contribution in [2.24, 2.45) is 5.10 Å². The molecule has 0 aliphatic carbocycles. The molecule has 0 bridgehead atoms. The molecule has 0 aliphatic heterocycles. The van der Waals surface area contributed by atoms with Gasteiger partial charge in [0.05, 0.1) is 18.9 Å². The fourth-order valence-electron chi connectivity index (χ4n) is 3.59. The highest BCUT2D eigenvalue weighted by Gasteiger charge is 2.39. The van der Waals surface area contributed by atoms with Gasteiger partial charge in [0, 0.05) is 5.56 Å². The van der Waals surface area contributed by atoms with Crippen LogP contribution >= 0.6 is 0 Å². The van der Waals surface area contributed by atoms with Crippen molar-refractivity contribution in [3.05, 3.63) is 131 Å². The van der Waals surface area contributed by atoms with Gasteiger partial charge in [0.25, 0.3) is 5.91 Å². The smallest absolute Gasteiger partial charge is 0.343 e. The van der Waals surface area contributed by atoms with Gasteiger partial charge in [-0.1, -0.05) is 72.8 Å². The third-order valence-electron chi connectivity index (χ3n) is 5.53. The van der Waals surface area contributed by atoms with E-state index >= 15 is 0 Å². The van der Waals surface area contributed by atoms with Gasteiger partial charge in [-0.05, 0) is 47.5 Å². The molecule has 0 unspecified atom stereocenters. The summed E-state index contributed by atoms with van der Waals surface area (Å²) in [5, 5.41) is 15.5. The molecule has 0 radical (unpaired) electrons. The number of hydrazone groups is 1. The number of benzene rings is 4. The van der Waals surface area contributed by atoms with Gasteiger partial charge in [0.2, 0.25) is 0 Å². The fourth-order valence-corrected chi connectivity index (χ4v) is 3.59. The minimum Gasteiger partial charge on any atom is -0.497 e. The molecule has 0 heterocycles. The zero-order chi connectivity index (χ0) is 25.4. The van der Waals surface area contributed by atoms with Gasteiger partial charge in [-0.2, -0.15) is 5.10 Å². The van der Waals surface area contributed by atoms with Crippen LogP contribution < -0.4 is 14.9 Å². The Bertz CT molecular complexity index is 1310. The number of amides is 1. The van der Waals surface area contributed by atoms with Crippen LogP contribution in [0.15, 0.2) is 114 Å². The Labute approximate surface area is 208 Å². The van der Waals surface area contributed by atoms with Crippen LogP contribution in [-0.4, -0.2) is 30.3 Å². The summed E-state index contributed by atoms with van der Waals surface area (Å²) in [4.78, 5) is 25.8. The first kappa shape index (κ1) is 24.4. The van der Waals surface area contributed by atoms with E-state index in [4.69, 9.17) is 9.47 Å². The lowest BCUT2D eigenvalue weighted by atomic mass is 9.85. The van der Waals surface area contributed by atoms with E-state index < -0.39 is 17.5 Å². The maximum Gasteiger partial charge on any atom is 0.343 e. The number of carbonyl (C=O) groups is 2. The molecular weight excluding hydrogens is 456 g/mol. The number of rotatable bonds is 8. The van der Waals surface area contributed by atoms with Gasteiger partial charge >= 0.3 is 5.97 Å². The summed E-state index contributed by atoms with van der Waals surface area (Å²) in [6.07, 6.45) is 1.35. The van der Waals surface area contributed by atoms with Crippen molar-refractivity contribution in [1.29, 1.82) is 0 Å². The summed E-state index contributed by atoms with van der Waals surface area (Å²) in [7, 11) is 1.54. The maximum atomic E-state index is 13.2. The molecular formula is C29H24N2O5. The number of hydrogen-bond acceptors (Lipinski definition) is 6. The molecule has 36 heavy (non-hydrogen) atoms. The van der Waals surface area contributed by atoms with Gasteiger partial charge in [-0.25, -0.2) is 10.2 Å². The van der Waals surface area contributed by atoms with Crippen molar-refractivity contribution in [3.63, 3.8) is 0 Å². The first-order valence-corrected chi connectivity index (χ1v) is 11.1. The number of methoxy groups -OCH3 is 1. The number of hydrogen-bond donors (Lipinski definition) is 2. The first-order chi connectivity index (χ1) is 17.5. The number of carbonyl (C=O) groups excluding carboxylic acids is 2. The molecule has 1 amide bonds. The van der Waals surface area contributed by atoms with Gasteiger partial charge < -0.3 is 14.6 Å². The summed E-state index contributed by atoms with van der Waals surface area (Å²) in [5.74, 6) is -0.396. The third kappa shape index (κ3) is 5.32. The van der Waals surface area contributed by atoms with E-state index in [1.165, 1.54) is 6.21 Å². The van der Waals surface area contributed by atoms with Crippen LogP contribution in [0.4, 0.5) is 0 Å². The van der Waals surface area contributed by atoms with Gasteiger partial charge in [0.15, 0.2) is 5.60 Å². The second-order valence-corrected chi connectivity index (χ2v) is 7.80. The minimum atomic E-state index is -1.96. The molecule has 180 valence electrons. The molecule has 4 rings (SSSR count). The average molecular weight is 481 g/mol. The molecule has 0 fully saturated rings. The van der Waals surface area contributed by atoms with Crippen LogP contribution in [0.1, 0.15) is 27.0 Å². The summed E-state index contributed by atoms with van der Waals surface area (Å²) >= 11 is 0. The molecule has 0 aliphatic rings. The quantitative estimate of drug-likeness (QED) is 0.170. The predicted octanol–water partition coefficient (Wildman–Crippen LogP) is 4.30. The standard InChI is InChI=1S/C29H24N2O5/c1-35-25-18-16-21(17-19-25)27(32)36-26-15-9-8-10-22(26)20-30-31-28(33)29(34,23-11-4-2-5-12-23)24-13-6-3-7-14-24/h2-20,34H,1H3,(H,31,33)/b30-20+. The SMILES string of the molecule is COc1ccc(C(=O)Oc2ccccc2/C=N/NC(=O)C(O)(c2ccccc2)c2ccccc2)cc1. The van der Waals surface area contributed by atoms with Gasteiger partial charge in [-0.15, -0.1) is 0 Å². The summed E-state index contributed by atoms with van der Waals surface area (Å²) in [6.45, 7) is 0. The lowest BCUT2D eigenvalue weighted by molar-refractivity contribution is -0.136. The monoisotopic (exact) mass is 480 g/mol. The predicted molar refractivity (Wildman–Crippen MR) is 136 cm³/mol. The zero-order valence-corrected chi connectivity index (χ0v) is 19.5. The largest absolute Gasteiger partial charge is 0.497 e. The lowest BCUT2D eigenvalue weighted by Gasteiger charge is -2.27. The van der Waals surface area contributed by atoms with E-state index in [2.05, 4.69) is 10.5 Å². The van der Waals surface area contributed by atoms with Crippen LogP contribution in [0, 0.1) is 0 Å². The van der Waals surface area contributed by atoms with Crippen molar-refractivity contribution >= 4 is 18.1 Å². The fraction of sp³-hybridized carbons (Fsp3) is 0.0690. The molecule has 4 aromatic rings.